The topological polar surface area (TPSA) is 104 Å². The van der Waals surface area contributed by atoms with Gasteiger partial charge in [-0.15, -0.1) is 0 Å². The van der Waals surface area contributed by atoms with Crippen molar-refractivity contribution in [2.24, 2.45) is 0 Å². The number of carbonyl (C=O) groups excluding carboxylic acids is 1. The van der Waals surface area contributed by atoms with E-state index in [0.717, 1.165) is 19.4 Å². The molecule has 2 fully saturated rings. The number of nitrogens with zero attached hydrogens (tertiary/aromatic N) is 3. The molecule has 2 aliphatic rings. The molecule has 1 aromatic rings. The Kier molecular flexibility index (Phi) is 4.65. The molecule has 0 spiro atoms. The molecular formula is C14H21N5O3S. The van der Waals surface area contributed by atoms with Crippen LogP contribution in [-0.2, 0) is 9.84 Å². The van der Waals surface area contributed by atoms with E-state index < -0.39 is 9.84 Å². The fourth-order valence-electron chi connectivity index (χ4n) is 3.05. The van der Waals surface area contributed by atoms with E-state index in [1.54, 1.807) is 18.5 Å². The first-order valence-electron chi connectivity index (χ1n) is 7.81. The Bertz CT molecular complexity index is 652. The molecule has 8 nitrogen and oxygen atoms in total. The number of hydrogen-bond acceptors (Lipinski definition) is 6. The third kappa shape index (κ3) is 4.31. The number of aromatic nitrogens is 2. The van der Waals surface area contributed by atoms with Gasteiger partial charge in [0.2, 0.25) is 5.95 Å². The number of hydrogen-bond donors (Lipinski definition) is 2. The first-order chi connectivity index (χ1) is 11.0. The van der Waals surface area contributed by atoms with Gasteiger partial charge in [-0.1, -0.05) is 0 Å². The van der Waals surface area contributed by atoms with Crippen molar-refractivity contribution in [2.75, 3.05) is 29.5 Å². The molecule has 2 amide bonds. The maximum absolute atomic E-state index is 12.1. The number of urea groups is 1. The lowest BCUT2D eigenvalue weighted by molar-refractivity contribution is 0.232. The number of anilines is 1. The van der Waals surface area contributed by atoms with Crippen LogP contribution >= 0.6 is 0 Å². The van der Waals surface area contributed by atoms with Crippen LogP contribution in [0.15, 0.2) is 18.5 Å². The lowest BCUT2D eigenvalue weighted by Gasteiger charge is -2.33. The Balaban J connectivity index is 1.50. The van der Waals surface area contributed by atoms with Crippen LogP contribution in [0.25, 0.3) is 0 Å². The van der Waals surface area contributed by atoms with E-state index in [4.69, 9.17) is 0 Å². The van der Waals surface area contributed by atoms with Crippen molar-refractivity contribution in [3.8, 4) is 0 Å². The third-order valence-corrected chi connectivity index (χ3v) is 5.93. The number of rotatable bonds is 3. The van der Waals surface area contributed by atoms with Crippen molar-refractivity contribution < 1.29 is 13.2 Å². The molecule has 0 saturated carbocycles. The molecule has 2 aliphatic heterocycles. The van der Waals surface area contributed by atoms with Crippen molar-refractivity contribution in [1.29, 1.82) is 0 Å². The number of nitrogens with one attached hydrogen (secondary N) is 2. The molecule has 2 atom stereocenters. The fraction of sp³-hybridized carbons (Fsp3) is 0.643. The highest BCUT2D eigenvalue weighted by molar-refractivity contribution is 7.91. The summed E-state index contributed by atoms with van der Waals surface area (Å²) in [7, 11) is -2.99. The maximum atomic E-state index is 12.1. The van der Waals surface area contributed by atoms with Gasteiger partial charge in [0.15, 0.2) is 9.84 Å². The van der Waals surface area contributed by atoms with Crippen molar-refractivity contribution in [3.63, 3.8) is 0 Å². The molecule has 1 aromatic heterocycles. The Morgan fingerprint density at radius 3 is 2.61 bits per heavy atom. The van der Waals surface area contributed by atoms with Gasteiger partial charge < -0.3 is 15.5 Å². The lowest BCUT2D eigenvalue weighted by atomic mass is 10.1. The minimum absolute atomic E-state index is 0.00515. The Labute approximate surface area is 135 Å². The van der Waals surface area contributed by atoms with Crippen LogP contribution in [0, 0.1) is 0 Å². The van der Waals surface area contributed by atoms with E-state index in [1.165, 1.54) is 0 Å². The zero-order valence-corrected chi connectivity index (χ0v) is 13.6. The van der Waals surface area contributed by atoms with E-state index in [0.29, 0.717) is 18.9 Å². The van der Waals surface area contributed by atoms with Gasteiger partial charge in [-0.05, 0) is 25.3 Å². The number of carbonyl (C=O) groups is 1. The second kappa shape index (κ2) is 6.69. The molecule has 2 saturated heterocycles. The number of piperidine rings is 1. The predicted octanol–water partition coefficient (Wildman–Crippen LogP) is -0.0683. The van der Waals surface area contributed by atoms with Crippen molar-refractivity contribution >= 4 is 21.8 Å². The first kappa shape index (κ1) is 16.0. The summed E-state index contributed by atoms with van der Waals surface area (Å²) in [5.41, 5.74) is 0. The molecule has 9 heteroatoms. The fourth-order valence-corrected chi connectivity index (χ4v) is 4.73. The molecule has 0 bridgehead atoms. The lowest BCUT2D eigenvalue weighted by Crippen LogP contribution is -2.52. The van der Waals surface area contributed by atoms with E-state index in [2.05, 4.69) is 25.5 Å². The zero-order valence-electron chi connectivity index (χ0n) is 12.8. The Morgan fingerprint density at radius 2 is 1.91 bits per heavy atom. The smallest absolute Gasteiger partial charge is 0.315 e. The molecule has 3 rings (SSSR count). The molecule has 0 aliphatic carbocycles. The van der Waals surface area contributed by atoms with Crippen LogP contribution in [0.3, 0.4) is 0 Å². The average molecular weight is 339 g/mol. The van der Waals surface area contributed by atoms with Crippen LogP contribution in [0.4, 0.5) is 10.7 Å². The summed E-state index contributed by atoms with van der Waals surface area (Å²) in [5.74, 6) is 0.858. The summed E-state index contributed by atoms with van der Waals surface area (Å²) < 4.78 is 22.8. The third-order valence-electron chi connectivity index (χ3n) is 4.16. The largest absolute Gasteiger partial charge is 0.339 e. The van der Waals surface area contributed by atoms with Gasteiger partial charge >= 0.3 is 6.03 Å². The molecule has 2 unspecified atom stereocenters. The first-order valence-corrected chi connectivity index (χ1v) is 9.63. The van der Waals surface area contributed by atoms with E-state index in [1.807, 2.05) is 0 Å². The summed E-state index contributed by atoms with van der Waals surface area (Å²) in [6, 6.07) is 1.20. The van der Waals surface area contributed by atoms with Crippen LogP contribution < -0.4 is 15.5 Å². The minimum atomic E-state index is -2.99. The van der Waals surface area contributed by atoms with Crippen LogP contribution in [0.1, 0.15) is 19.3 Å². The van der Waals surface area contributed by atoms with Crippen LogP contribution in [0.5, 0.6) is 0 Å². The molecule has 3 heterocycles. The minimum Gasteiger partial charge on any atom is -0.339 e. The van der Waals surface area contributed by atoms with Crippen molar-refractivity contribution in [2.45, 2.75) is 31.3 Å². The van der Waals surface area contributed by atoms with Gasteiger partial charge in [-0.3, -0.25) is 0 Å². The Hall–Kier alpha value is -1.90. The highest BCUT2D eigenvalue weighted by Crippen LogP contribution is 2.15. The molecule has 0 radical (unpaired) electrons. The molecular weight excluding hydrogens is 318 g/mol. The number of amides is 2. The second-order valence-electron chi connectivity index (χ2n) is 6.05. The van der Waals surface area contributed by atoms with Crippen LogP contribution in [0.2, 0.25) is 0 Å². The highest BCUT2D eigenvalue weighted by Gasteiger charge is 2.30. The standard InChI is InChI=1S/C14H21N5O3S/c20-14(18-12-4-8-23(21,22)10-12)17-11-3-1-7-19(9-11)13-15-5-2-6-16-13/h2,5-6,11-12H,1,3-4,7-10H2,(H2,17,18,20). The summed E-state index contributed by atoms with van der Waals surface area (Å²) in [6.45, 7) is 1.52. The van der Waals surface area contributed by atoms with E-state index in [-0.39, 0.29) is 29.6 Å². The number of sulfone groups is 1. The van der Waals surface area contributed by atoms with Gasteiger partial charge in [0.25, 0.3) is 0 Å². The second-order valence-corrected chi connectivity index (χ2v) is 8.28. The predicted molar refractivity (Wildman–Crippen MR) is 86.0 cm³/mol. The van der Waals surface area contributed by atoms with E-state index >= 15 is 0 Å². The Morgan fingerprint density at radius 1 is 1.17 bits per heavy atom. The van der Waals surface area contributed by atoms with E-state index in [9.17, 15) is 13.2 Å². The van der Waals surface area contributed by atoms with Gasteiger partial charge in [-0.2, -0.15) is 0 Å². The quantitative estimate of drug-likeness (QED) is 0.799. The maximum Gasteiger partial charge on any atom is 0.315 e. The summed E-state index contributed by atoms with van der Waals surface area (Å²) in [4.78, 5) is 22.6. The van der Waals surface area contributed by atoms with Crippen molar-refractivity contribution in [3.05, 3.63) is 18.5 Å². The van der Waals surface area contributed by atoms with Crippen LogP contribution in [-0.4, -0.2) is 61.1 Å². The average Bonchev–Trinajstić information content (AvgIpc) is 2.87. The monoisotopic (exact) mass is 339 g/mol. The van der Waals surface area contributed by atoms with Gasteiger partial charge in [0.1, 0.15) is 0 Å². The van der Waals surface area contributed by atoms with Gasteiger partial charge in [0, 0.05) is 37.6 Å². The van der Waals surface area contributed by atoms with Gasteiger partial charge in [-0.25, -0.2) is 23.2 Å². The normalized spacial score (nSPS) is 26.7. The summed E-state index contributed by atoms with van der Waals surface area (Å²) in [5, 5.41) is 5.69. The molecule has 2 N–H and O–H groups in total. The van der Waals surface area contributed by atoms with Gasteiger partial charge in [0.05, 0.1) is 11.5 Å². The highest BCUT2D eigenvalue weighted by atomic mass is 32.2. The summed E-state index contributed by atoms with van der Waals surface area (Å²) in [6.07, 6.45) is 5.73. The SMILES string of the molecule is O=C(NC1CCCN(c2ncccn2)C1)NC1CCS(=O)(=O)C1. The molecule has 23 heavy (non-hydrogen) atoms. The summed E-state index contributed by atoms with van der Waals surface area (Å²) >= 11 is 0. The molecule has 0 aromatic carbocycles. The molecule has 126 valence electrons. The van der Waals surface area contributed by atoms with Crippen molar-refractivity contribution in [1.82, 2.24) is 20.6 Å². The zero-order chi connectivity index (χ0) is 16.3.